The van der Waals surface area contributed by atoms with E-state index in [4.69, 9.17) is 5.10 Å². The van der Waals surface area contributed by atoms with Crippen LogP contribution in [0, 0.1) is 18.7 Å². The van der Waals surface area contributed by atoms with E-state index in [-0.39, 0.29) is 16.3 Å². The van der Waals surface area contributed by atoms with Gasteiger partial charge in [0.25, 0.3) is 0 Å². The lowest BCUT2D eigenvalue weighted by atomic mass is 9.91. The highest BCUT2D eigenvalue weighted by Gasteiger charge is 2.30. The molecule has 2 N–H and O–H groups in total. The van der Waals surface area contributed by atoms with Gasteiger partial charge < -0.3 is 5.32 Å². The number of piperidine rings is 1. The van der Waals surface area contributed by atoms with Gasteiger partial charge in [0.2, 0.25) is 10.0 Å². The molecule has 1 aliphatic rings. The molecule has 5 rings (SSSR count). The molecule has 226 valence electrons. The summed E-state index contributed by atoms with van der Waals surface area (Å²) in [5.74, 6) is 0.301. The fraction of sp³-hybridized carbons (Fsp3) is 0.333. The second-order valence-corrected chi connectivity index (χ2v) is 14.1. The van der Waals surface area contributed by atoms with Crippen molar-refractivity contribution in [2.75, 3.05) is 23.7 Å². The number of carbonyl (C=O) groups excluding carboxylic acids is 1. The minimum Gasteiger partial charge on any atom is -0.308 e. The standard InChI is InChI=1S/C33H38FN5O3S/c1-23-11-13-28(14-12-23)39-31(22-30(37-39)33(2,3)4)36-32(40)35-27-9-5-7-25(20-27)19-24-15-17-38(18-16-24)43(41,42)29-10-6-8-26(34)21-29/h5-14,20-22,24H,15-19H2,1-4H3,(H2,35,36,40). The van der Waals surface area contributed by atoms with Crippen molar-refractivity contribution in [3.63, 3.8) is 0 Å². The predicted octanol–water partition coefficient (Wildman–Crippen LogP) is 6.90. The van der Waals surface area contributed by atoms with E-state index in [9.17, 15) is 17.6 Å². The third-order valence-corrected chi connectivity index (χ3v) is 9.61. The molecule has 1 saturated heterocycles. The van der Waals surface area contributed by atoms with Crippen LogP contribution in [0.4, 0.5) is 20.7 Å². The molecule has 2 amide bonds. The summed E-state index contributed by atoms with van der Waals surface area (Å²) in [6, 6.07) is 22.4. The summed E-state index contributed by atoms with van der Waals surface area (Å²) >= 11 is 0. The molecular formula is C33H38FN5O3S. The number of hydrogen-bond donors (Lipinski definition) is 2. The highest BCUT2D eigenvalue weighted by Crippen LogP contribution is 2.29. The van der Waals surface area contributed by atoms with Crippen molar-refractivity contribution in [3.8, 4) is 5.69 Å². The lowest BCUT2D eigenvalue weighted by molar-refractivity contribution is 0.262. The Morgan fingerprint density at radius 3 is 2.33 bits per heavy atom. The first-order valence-corrected chi connectivity index (χ1v) is 15.9. The molecule has 0 radical (unpaired) electrons. The number of benzene rings is 3. The first-order chi connectivity index (χ1) is 20.4. The third-order valence-electron chi connectivity index (χ3n) is 7.71. The number of nitrogens with zero attached hydrogens (tertiary/aromatic N) is 3. The third kappa shape index (κ3) is 7.32. The first-order valence-electron chi connectivity index (χ1n) is 14.5. The maximum Gasteiger partial charge on any atom is 0.324 e. The largest absolute Gasteiger partial charge is 0.324 e. The fourth-order valence-corrected chi connectivity index (χ4v) is 6.74. The second-order valence-electron chi connectivity index (χ2n) is 12.2. The molecule has 0 spiro atoms. The van der Waals surface area contributed by atoms with Crippen LogP contribution in [0.25, 0.3) is 5.69 Å². The molecule has 0 unspecified atom stereocenters. The molecule has 0 atom stereocenters. The molecular weight excluding hydrogens is 565 g/mol. The number of nitrogens with one attached hydrogen (secondary N) is 2. The number of aromatic nitrogens is 2. The van der Waals surface area contributed by atoms with Crippen molar-refractivity contribution < 1.29 is 17.6 Å². The van der Waals surface area contributed by atoms with Crippen molar-refractivity contribution in [2.24, 2.45) is 5.92 Å². The lowest BCUT2D eigenvalue weighted by Crippen LogP contribution is -2.38. The second kappa shape index (κ2) is 12.3. The molecule has 1 aromatic heterocycles. The Morgan fingerprint density at radius 2 is 1.65 bits per heavy atom. The summed E-state index contributed by atoms with van der Waals surface area (Å²) in [6.45, 7) is 9.03. The van der Waals surface area contributed by atoms with Gasteiger partial charge in [-0.1, -0.05) is 56.7 Å². The average Bonchev–Trinajstić information content (AvgIpc) is 3.38. The highest BCUT2D eigenvalue weighted by atomic mass is 32.2. The highest BCUT2D eigenvalue weighted by molar-refractivity contribution is 7.89. The van der Waals surface area contributed by atoms with Crippen LogP contribution in [0.2, 0.25) is 0 Å². The number of halogens is 1. The van der Waals surface area contributed by atoms with Crippen LogP contribution in [-0.2, 0) is 21.9 Å². The number of anilines is 2. The molecule has 43 heavy (non-hydrogen) atoms. The van der Waals surface area contributed by atoms with Gasteiger partial charge in [0, 0.05) is 30.3 Å². The smallest absolute Gasteiger partial charge is 0.308 e. The summed E-state index contributed by atoms with van der Waals surface area (Å²) in [5.41, 5.74) is 4.38. The van der Waals surface area contributed by atoms with E-state index in [2.05, 4.69) is 31.4 Å². The van der Waals surface area contributed by atoms with Crippen LogP contribution in [0.5, 0.6) is 0 Å². The minimum atomic E-state index is -3.72. The average molecular weight is 604 g/mol. The van der Waals surface area contributed by atoms with Gasteiger partial charge in [-0.2, -0.15) is 9.40 Å². The van der Waals surface area contributed by atoms with E-state index >= 15 is 0 Å². The molecule has 10 heteroatoms. The van der Waals surface area contributed by atoms with Gasteiger partial charge in [0.15, 0.2) is 0 Å². The van der Waals surface area contributed by atoms with Crippen LogP contribution >= 0.6 is 0 Å². The topological polar surface area (TPSA) is 96.3 Å². The Morgan fingerprint density at radius 1 is 0.953 bits per heavy atom. The molecule has 3 aromatic carbocycles. The summed E-state index contributed by atoms with van der Waals surface area (Å²) < 4.78 is 42.7. The molecule has 8 nitrogen and oxygen atoms in total. The summed E-state index contributed by atoms with van der Waals surface area (Å²) in [7, 11) is -3.72. The van der Waals surface area contributed by atoms with Gasteiger partial charge in [-0.15, -0.1) is 0 Å². The van der Waals surface area contributed by atoms with E-state index in [0.29, 0.717) is 43.4 Å². The monoisotopic (exact) mass is 603 g/mol. The van der Waals surface area contributed by atoms with E-state index < -0.39 is 15.8 Å². The SMILES string of the molecule is Cc1ccc(-n2nc(C(C)(C)C)cc2NC(=O)Nc2cccc(CC3CCN(S(=O)(=O)c4cccc(F)c4)CC3)c2)cc1. The van der Waals surface area contributed by atoms with E-state index in [0.717, 1.165) is 35.0 Å². The molecule has 1 aliphatic heterocycles. The van der Waals surface area contributed by atoms with Crippen molar-refractivity contribution in [2.45, 2.75) is 57.3 Å². The van der Waals surface area contributed by atoms with E-state index in [1.165, 1.54) is 22.5 Å². The van der Waals surface area contributed by atoms with Crippen molar-refractivity contribution in [3.05, 3.63) is 102 Å². The van der Waals surface area contributed by atoms with Crippen molar-refractivity contribution >= 4 is 27.6 Å². The zero-order valence-corrected chi connectivity index (χ0v) is 25.8. The zero-order valence-electron chi connectivity index (χ0n) is 25.0. The van der Waals surface area contributed by atoms with Crippen molar-refractivity contribution in [1.29, 1.82) is 0 Å². The van der Waals surface area contributed by atoms with Gasteiger partial charge in [0.1, 0.15) is 11.6 Å². The van der Waals surface area contributed by atoms with Gasteiger partial charge in [-0.25, -0.2) is 22.3 Å². The number of rotatable bonds is 7. The Labute approximate surface area is 253 Å². The molecule has 1 fully saturated rings. The first kappa shape index (κ1) is 30.4. The van der Waals surface area contributed by atoms with Crippen LogP contribution in [0.15, 0.2) is 83.8 Å². The fourth-order valence-electron chi connectivity index (χ4n) is 5.24. The number of aryl methyl sites for hydroxylation is 1. The summed E-state index contributed by atoms with van der Waals surface area (Å²) in [4.78, 5) is 13.1. The predicted molar refractivity (Wildman–Crippen MR) is 168 cm³/mol. The number of sulfonamides is 1. The number of hydrogen-bond acceptors (Lipinski definition) is 4. The maximum absolute atomic E-state index is 13.6. The van der Waals surface area contributed by atoms with Crippen LogP contribution in [-0.4, -0.2) is 41.6 Å². The van der Waals surface area contributed by atoms with E-state index in [1.807, 2.05) is 61.5 Å². The number of amides is 2. The Hall–Kier alpha value is -4.02. The number of carbonyl (C=O) groups is 1. The molecule has 4 aromatic rings. The normalized spacial score (nSPS) is 14.9. The summed E-state index contributed by atoms with van der Waals surface area (Å²) in [5, 5.41) is 10.7. The maximum atomic E-state index is 13.6. The van der Waals surface area contributed by atoms with Crippen LogP contribution < -0.4 is 10.6 Å². The van der Waals surface area contributed by atoms with Crippen LogP contribution in [0.3, 0.4) is 0 Å². The van der Waals surface area contributed by atoms with Gasteiger partial charge >= 0.3 is 6.03 Å². The Bertz CT molecular complexity index is 1700. The molecule has 0 bridgehead atoms. The van der Waals surface area contributed by atoms with Gasteiger partial charge in [-0.05, 0) is 80.1 Å². The van der Waals surface area contributed by atoms with Crippen LogP contribution in [0.1, 0.15) is 50.4 Å². The van der Waals surface area contributed by atoms with Gasteiger partial charge in [0.05, 0.1) is 16.3 Å². The summed E-state index contributed by atoms with van der Waals surface area (Å²) in [6.07, 6.45) is 2.16. The zero-order chi connectivity index (χ0) is 30.8. The quantitative estimate of drug-likeness (QED) is 0.240. The Balaban J connectivity index is 1.21. The minimum absolute atomic E-state index is 0.0143. The van der Waals surface area contributed by atoms with Gasteiger partial charge in [-0.3, -0.25) is 5.32 Å². The van der Waals surface area contributed by atoms with E-state index in [1.54, 1.807) is 4.68 Å². The van der Waals surface area contributed by atoms with Crippen molar-refractivity contribution in [1.82, 2.24) is 14.1 Å². The molecule has 0 aliphatic carbocycles. The Kier molecular flexibility index (Phi) is 8.71. The number of urea groups is 1. The molecule has 2 heterocycles. The lowest BCUT2D eigenvalue weighted by Gasteiger charge is -2.31. The molecule has 0 saturated carbocycles.